The number of ether oxygens (including phenoxy) is 1. The first kappa shape index (κ1) is 27.1. The van der Waals surface area contributed by atoms with Gasteiger partial charge in [-0.1, -0.05) is 75.5 Å². The lowest BCUT2D eigenvalue weighted by atomic mass is 10.0. The molecular weight excluding hydrogens is 669 g/mol. The van der Waals surface area contributed by atoms with Crippen LogP contribution in [0.15, 0.2) is 99.0 Å². The molecule has 0 atom stereocenters. The third kappa shape index (κ3) is 5.94. The van der Waals surface area contributed by atoms with Gasteiger partial charge in [-0.3, -0.25) is 4.79 Å². The molecule has 0 aliphatic rings. The smallest absolute Gasteiger partial charge is 0.343 e. The number of hydrogen-bond acceptors (Lipinski definition) is 4. The Balaban J connectivity index is 1.46. The molecule has 2 N–H and O–H groups in total. The van der Waals surface area contributed by atoms with Gasteiger partial charge >= 0.3 is 5.97 Å². The van der Waals surface area contributed by atoms with Gasteiger partial charge in [0.15, 0.2) is 5.75 Å². The number of nitrogens with one attached hydrogen (secondary N) is 2. The van der Waals surface area contributed by atoms with Gasteiger partial charge in [0.1, 0.15) is 5.69 Å². The Morgan fingerprint density at radius 2 is 1.67 bits per heavy atom. The lowest BCUT2D eigenvalue weighted by Crippen LogP contribution is -2.19. The molecule has 0 aliphatic carbocycles. The summed E-state index contributed by atoms with van der Waals surface area (Å²) < 4.78 is 6.90. The summed E-state index contributed by atoms with van der Waals surface area (Å²) in [5.41, 5.74) is 5.67. The van der Waals surface area contributed by atoms with Crippen molar-refractivity contribution in [2.75, 3.05) is 0 Å². The molecule has 5 rings (SSSR count). The molecule has 194 valence electrons. The fraction of sp³-hybridized carbons (Fsp3) is 0. The van der Waals surface area contributed by atoms with Crippen molar-refractivity contribution in [3.05, 3.63) is 121 Å². The van der Waals surface area contributed by atoms with E-state index in [1.54, 1.807) is 60.7 Å². The molecule has 0 saturated heterocycles. The normalized spacial score (nSPS) is 11.2. The molecule has 0 bridgehead atoms. The van der Waals surface area contributed by atoms with Crippen LogP contribution in [0.4, 0.5) is 0 Å². The molecule has 1 heterocycles. The zero-order valence-corrected chi connectivity index (χ0v) is 24.5. The summed E-state index contributed by atoms with van der Waals surface area (Å²) in [5.74, 6) is -0.772. The number of rotatable bonds is 6. The Morgan fingerprint density at radius 1 is 0.923 bits per heavy atom. The maximum absolute atomic E-state index is 13.3. The van der Waals surface area contributed by atoms with Gasteiger partial charge in [-0.2, -0.15) is 5.10 Å². The molecule has 0 saturated carbocycles. The van der Waals surface area contributed by atoms with Crippen molar-refractivity contribution in [2.24, 2.45) is 5.10 Å². The fourth-order valence-corrected chi connectivity index (χ4v) is 5.75. The first-order valence-corrected chi connectivity index (χ1v) is 13.8. The minimum Gasteiger partial charge on any atom is -0.421 e. The second kappa shape index (κ2) is 11.8. The van der Waals surface area contributed by atoms with Gasteiger partial charge in [-0.25, -0.2) is 10.2 Å². The molecule has 0 aliphatic heterocycles. The highest BCUT2D eigenvalue weighted by atomic mass is 79.9. The number of benzene rings is 4. The van der Waals surface area contributed by atoms with Crippen LogP contribution in [0.3, 0.4) is 0 Å². The van der Waals surface area contributed by atoms with Crippen molar-refractivity contribution in [1.29, 1.82) is 0 Å². The van der Waals surface area contributed by atoms with E-state index in [2.05, 4.69) is 47.4 Å². The number of H-pyrrole nitrogens is 1. The number of fused-ring (bicyclic) bond motifs is 1. The molecule has 4 aromatic carbocycles. The van der Waals surface area contributed by atoms with Crippen molar-refractivity contribution in [3.63, 3.8) is 0 Å². The summed E-state index contributed by atoms with van der Waals surface area (Å²) in [6, 6.07) is 24.6. The Morgan fingerprint density at radius 3 is 2.44 bits per heavy atom. The lowest BCUT2D eigenvalue weighted by molar-refractivity contribution is 0.0733. The standard InChI is InChI=1S/C29H17Br2Cl2N3O3/c30-18-12-17(27(22(31)13-18)39-29(38)16-6-2-1-3-7-16)15-34-36-28(37)26-25(20-8-4-5-9-23(20)33)21-14-19(32)10-11-24(21)35-26/h1-15,35H,(H,36,37). The third-order valence-electron chi connectivity index (χ3n) is 5.74. The van der Waals surface area contributed by atoms with Crippen LogP contribution in [0.2, 0.25) is 10.0 Å². The van der Waals surface area contributed by atoms with E-state index in [1.165, 1.54) is 6.21 Å². The average Bonchev–Trinajstić information content (AvgIpc) is 3.29. The molecule has 0 radical (unpaired) electrons. The molecule has 0 spiro atoms. The van der Waals surface area contributed by atoms with Crippen molar-refractivity contribution >= 4 is 84.1 Å². The van der Waals surface area contributed by atoms with E-state index in [9.17, 15) is 9.59 Å². The van der Waals surface area contributed by atoms with Gasteiger partial charge in [0.2, 0.25) is 0 Å². The van der Waals surface area contributed by atoms with Gasteiger partial charge in [0, 0.05) is 42.1 Å². The van der Waals surface area contributed by atoms with E-state index in [4.69, 9.17) is 27.9 Å². The van der Waals surface area contributed by atoms with Crippen LogP contribution >= 0.6 is 55.1 Å². The van der Waals surface area contributed by atoms with E-state index >= 15 is 0 Å². The van der Waals surface area contributed by atoms with Gasteiger partial charge in [-0.15, -0.1) is 0 Å². The van der Waals surface area contributed by atoms with Crippen LogP contribution in [-0.2, 0) is 0 Å². The summed E-state index contributed by atoms with van der Waals surface area (Å²) in [6.07, 6.45) is 1.40. The van der Waals surface area contributed by atoms with Crippen LogP contribution in [0.25, 0.3) is 22.0 Å². The minimum absolute atomic E-state index is 0.252. The van der Waals surface area contributed by atoms with E-state index in [-0.39, 0.29) is 11.4 Å². The summed E-state index contributed by atoms with van der Waals surface area (Å²) in [6.45, 7) is 0. The number of aromatic amines is 1. The number of halogens is 4. The van der Waals surface area contributed by atoms with Gasteiger partial charge in [-0.05, 0) is 64.5 Å². The summed E-state index contributed by atoms with van der Waals surface area (Å²) in [5, 5.41) is 5.91. The molecule has 0 unspecified atom stereocenters. The van der Waals surface area contributed by atoms with E-state index in [0.717, 1.165) is 15.4 Å². The second-order valence-corrected chi connectivity index (χ2v) is 10.9. The third-order valence-corrected chi connectivity index (χ3v) is 7.35. The highest BCUT2D eigenvalue weighted by Gasteiger charge is 2.21. The topological polar surface area (TPSA) is 83.5 Å². The summed E-state index contributed by atoms with van der Waals surface area (Å²) in [4.78, 5) is 29.2. The average molecular weight is 686 g/mol. The molecule has 5 aromatic rings. The van der Waals surface area contributed by atoms with Crippen LogP contribution in [0.5, 0.6) is 5.75 Å². The van der Waals surface area contributed by atoms with Crippen LogP contribution in [0, 0.1) is 0 Å². The van der Waals surface area contributed by atoms with E-state index in [1.807, 2.05) is 24.3 Å². The predicted molar refractivity (Wildman–Crippen MR) is 162 cm³/mol. The molecule has 1 amide bonds. The lowest BCUT2D eigenvalue weighted by Gasteiger charge is -2.10. The van der Waals surface area contributed by atoms with Gasteiger partial charge in [0.25, 0.3) is 5.91 Å². The van der Waals surface area contributed by atoms with Crippen molar-refractivity contribution in [1.82, 2.24) is 10.4 Å². The number of amides is 1. The number of hydrazone groups is 1. The maximum atomic E-state index is 13.3. The van der Waals surface area contributed by atoms with Gasteiger partial charge < -0.3 is 9.72 Å². The summed E-state index contributed by atoms with van der Waals surface area (Å²) in [7, 11) is 0. The SMILES string of the molecule is O=C(Oc1c(Br)cc(Br)cc1C=NNC(=O)c1[nH]c2ccc(Cl)cc2c1-c1ccccc1Cl)c1ccccc1. The zero-order chi connectivity index (χ0) is 27.5. The van der Waals surface area contributed by atoms with Crippen LogP contribution in [0.1, 0.15) is 26.4 Å². The zero-order valence-electron chi connectivity index (χ0n) is 19.8. The second-order valence-electron chi connectivity index (χ2n) is 8.31. The summed E-state index contributed by atoms with van der Waals surface area (Å²) >= 11 is 19.6. The molecule has 10 heteroatoms. The first-order valence-electron chi connectivity index (χ1n) is 11.5. The molecule has 0 fully saturated rings. The van der Waals surface area contributed by atoms with E-state index in [0.29, 0.717) is 36.8 Å². The van der Waals surface area contributed by atoms with Crippen molar-refractivity contribution in [2.45, 2.75) is 0 Å². The highest BCUT2D eigenvalue weighted by Crippen LogP contribution is 2.38. The predicted octanol–water partition coefficient (Wildman–Crippen LogP) is 8.65. The largest absolute Gasteiger partial charge is 0.421 e. The quantitative estimate of drug-likeness (QED) is 0.0812. The van der Waals surface area contributed by atoms with Crippen molar-refractivity contribution in [3.8, 4) is 16.9 Å². The van der Waals surface area contributed by atoms with Gasteiger partial charge in [0.05, 0.1) is 16.3 Å². The number of esters is 1. The molecule has 6 nitrogen and oxygen atoms in total. The number of nitrogens with zero attached hydrogens (tertiary/aromatic N) is 1. The molecular formula is C29H17Br2Cl2N3O3. The fourth-order valence-electron chi connectivity index (χ4n) is 4.00. The maximum Gasteiger partial charge on any atom is 0.343 e. The Kier molecular flexibility index (Phi) is 8.18. The Hall–Kier alpha value is -3.43. The first-order chi connectivity index (χ1) is 18.8. The Labute approximate surface area is 250 Å². The number of carbonyl (C=O) groups is 2. The number of aromatic nitrogens is 1. The number of carbonyl (C=O) groups excluding carboxylic acids is 2. The molecule has 1 aromatic heterocycles. The number of hydrogen-bond donors (Lipinski definition) is 2. The minimum atomic E-state index is -0.529. The molecule has 39 heavy (non-hydrogen) atoms. The van der Waals surface area contributed by atoms with Crippen LogP contribution < -0.4 is 10.2 Å². The van der Waals surface area contributed by atoms with E-state index < -0.39 is 11.9 Å². The monoisotopic (exact) mass is 683 g/mol. The van der Waals surface area contributed by atoms with Crippen molar-refractivity contribution < 1.29 is 14.3 Å². The Bertz CT molecular complexity index is 1750. The highest BCUT2D eigenvalue weighted by molar-refractivity contribution is 9.11. The van der Waals surface area contributed by atoms with Crippen LogP contribution in [-0.4, -0.2) is 23.1 Å².